The number of rotatable bonds is 4. The minimum Gasteiger partial charge on any atom is -0.453 e. The lowest BCUT2D eigenvalue weighted by Crippen LogP contribution is -2.20. The first-order valence-corrected chi connectivity index (χ1v) is 13.3. The first-order valence-electron chi connectivity index (χ1n) is 12.5. The molecule has 3 aromatic heterocycles. The number of benzene rings is 3. The molecular formula is C31H27BrN4O2. The van der Waals surface area contributed by atoms with Gasteiger partial charge in [-0.05, 0) is 54.8 Å². The molecule has 6 aromatic rings. The maximum Gasteiger partial charge on any atom is 0.282 e. The Balaban J connectivity index is 1.57. The fraction of sp³-hybridized carbons (Fsp3) is 0.194. The Morgan fingerprint density at radius 1 is 1.00 bits per heavy atom. The van der Waals surface area contributed by atoms with Gasteiger partial charge in [-0.1, -0.05) is 67.0 Å². The van der Waals surface area contributed by atoms with Crippen molar-refractivity contribution in [1.29, 1.82) is 0 Å². The van der Waals surface area contributed by atoms with Crippen molar-refractivity contribution in [3.05, 3.63) is 98.9 Å². The molecule has 3 aromatic carbocycles. The molecule has 0 aliphatic heterocycles. The average Bonchev–Trinajstić information content (AvgIpc) is 3.41. The molecule has 0 unspecified atom stereocenters. The molecule has 0 atom stereocenters. The Labute approximate surface area is 228 Å². The van der Waals surface area contributed by atoms with Gasteiger partial charge in [0.1, 0.15) is 5.58 Å². The van der Waals surface area contributed by atoms with Gasteiger partial charge in [0.15, 0.2) is 5.76 Å². The van der Waals surface area contributed by atoms with Crippen molar-refractivity contribution in [2.45, 2.75) is 34.2 Å². The quantitative estimate of drug-likeness (QED) is 0.205. The SMILES string of the molecule is Cc1c(C=Nn2c(-c3cc4cc(Br)ccc4o3)nc3ccccc3c2=O)c2ccccc2n1CC(C)(C)C. The van der Waals surface area contributed by atoms with Crippen molar-refractivity contribution in [3.63, 3.8) is 0 Å². The summed E-state index contributed by atoms with van der Waals surface area (Å²) in [5, 5.41) is 7.25. The first kappa shape index (κ1) is 24.4. The lowest BCUT2D eigenvalue weighted by Gasteiger charge is -2.21. The lowest BCUT2D eigenvalue weighted by molar-refractivity contribution is 0.346. The Morgan fingerprint density at radius 3 is 2.53 bits per heavy atom. The third-order valence-electron chi connectivity index (χ3n) is 6.67. The van der Waals surface area contributed by atoms with Gasteiger partial charge in [0.2, 0.25) is 5.82 Å². The van der Waals surface area contributed by atoms with E-state index in [0.717, 1.165) is 38.6 Å². The van der Waals surface area contributed by atoms with Crippen molar-refractivity contribution in [2.75, 3.05) is 0 Å². The molecular weight excluding hydrogens is 540 g/mol. The standard InChI is InChI=1S/C31H27BrN4O2/c1-19-24(22-9-6-8-12-26(22)35(19)18-31(2,3)4)17-33-36-29(34-25-11-7-5-10-23(25)30(36)37)28-16-20-15-21(32)13-14-27(20)38-28/h5-17H,18H2,1-4H3. The van der Waals surface area contributed by atoms with E-state index in [-0.39, 0.29) is 11.0 Å². The zero-order chi connectivity index (χ0) is 26.6. The molecule has 0 saturated heterocycles. The molecule has 6 rings (SSSR count). The maximum absolute atomic E-state index is 13.7. The zero-order valence-corrected chi connectivity index (χ0v) is 23.3. The molecule has 0 N–H and O–H groups in total. The van der Waals surface area contributed by atoms with Crippen molar-refractivity contribution in [3.8, 4) is 11.6 Å². The van der Waals surface area contributed by atoms with E-state index < -0.39 is 0 Å². The minimum absolute atomic E-state index is 0.101. The van der Waals surface area contributed by atoms with Crippen LogP contribution in [0.4, 0.5) is 0 Å². The van der Waals surface area contributed by atoms with Crippen LogP contribution in [0.15, 0.2) is 91.6 Å². The second kappa shape index (κ2) is 9.10. The van der Waals surface area contributed by atoms with Crippen LogP contribution in [0.3, 0.4) is 0 Å². The molecule has 0 saturated carbocycles. The summed E-state index contributed by atoms with van der Waals surface area (Å²) in [5.74, 6) is 0.832. The summed E-state index contributed by atoms with van der Waals surface area (Å²) in [6, 6.07) is 23.3. The number of aromatic nitrogens is 3. The molecule has 0 aliphatic rings. The van der Waals surface area contributed by atoms with E-state index in [0.29, 0.717) is 28.1 Å². The number of fused-ring (bicyclic) bond motifs is 3. The number of halogens is 1. The van der Waals surface area contributed by atoms with E-state index in [9.17, 15) is 4.79 Å². The van der Waals surface area contributed by atoms with E-state index in [1.54, 1.807) is 12.3 Å². The van der Waals surface area contributed by atoms with Gasteiger partial charge in [-0.2, -0.15) is 9.78 Å². The second-order valence-electron chi connectivity index (χ2n) is 10.8. The number of nitrogens with zero attached hydrogens (tertiary/aromatic N) is 4. The molecule has 6 nitrogen and oxygen atoms in total. The molecule has 0 fully saturated rings. The highest BCUT2D eigenvalue weighted by atomic mass is 79.9. The van der Waals surface area contributed by atoms with Crippen molar-refractivity contribution < 1.29 is 4.42 Å². The largest absolute Gasteiger partial charge is 0.453 e. The second-order valence-corrected chi connectivity index (χ2v) is 11.7. The minimum atomic E-state index is -0.250. The summed E-state index contributed by atoms with van der Waals surface area (Å²) in [6.45, 7) is 9.66. The molecule has 0 aliphatic carbocycles. The Kier molecular flexibility index (Phi) is 5.83. The Hall–Kier alpha value is -3.97. The van der Waals surface area contributed by atoms with Gasteiger partial charge in [0, 0.05) is 38.6 Å². The summed E-state index contributed by atoms with van der Waals surface area (Å²) in [7, 11) is 0. The third kappa shape index (κ3) is 4.27. The van der Waals surface area contributed by atoms with Gasteiger partial charge in [0.05, 0.1) is 17.1 Å². The van der Waals surface area contributed by atoms with Gasteiger partial charge in [0.25, 0.3) is 5.56 Å². The predicted molar refractivity (Wildman–Crippen MR) is 158 cm³/mol. The van der Waals surface area contributed by atoms with Crippen LogP contribution >= 0.6 is 15.9 Å². The highest BCUT2D eigenvalue weighted by Gasteiger charge is 2.20. The van der Waals surface area contributed by atoms with Gasteiger partial charge in [-0.3, -0.25) is 4.79 Å². The topological polar surface area (TPSA) is 65.3 Å². The molecule has 0 bridgehead atoms. The molecule has 0 radical (unpaired) electrons. The summed E-state index contributed by atoms with van der Waals surface area (Å²) in [6.07, 6.45) is 1.78. The van der Waals surface area contributed by atoms with Crippen LogP contribution in [0, 0.1) is 12.3 Å². The van der Waals surface area contributed by atoms with Crippen LogP contribution < -0.4 is 5.56 Å². The molecule has 3 heterocycles. The van der Waals surface area contributed by atoms with Crippen LogP contribution in [0.1, 0.15) is 32.0 Å². The predicted octanol–water partition coefficient (Wildman–Crippen LogP) is 7.76. The summed E-state index contributed by atoms with van der Waals surface area (Å²) >= 11 is 3.52. The monoisotopic (exact) mass is 566 g/mol. The number of furan rings is 1. The van der Waals surface area contributed by atoms with E-state index in [4.69, 9.17) is 14.5 Å². The van der Waals surface area contributed by atoms with Crippen LogP contribution in [-0.2, 0) is 6.54 Å². The summed E-state index contributed by atoms with van der Waals surface area (Å²) in [4.78, 5) is 18.5. The van der Waals surface area contributed by atoms with E-state index in [1.165, 1.54) is 4.68 Å². The molecule has 0 spiro atoms. The Bertz CT molecular complexity index is 1940. The zero-order valence-electron chi connectivity index (χ0n) is 21.7. The first-order chi connectivity index (χ1) is 18.2. The average molecular weight is 567 g/mol. The molecule has 190 valence electrons. The summed E-state index contributed by atoms with van der Waals surface area (Å²) in [5.41, 5.74) is 4.38. The molecule has 38 heavy (non-hydrogen) atoms. The van der Waals surface area contributed by atoms with Crippen molar-refractivity contribution in [1.82, 2.24) is 14.2 Å². The number of para-hydroxylation sites is 2. The normalized spacial score (nSPS) is 12.4. The van der Waals surface area contributed by atoms with Gasteiger partial charge in [-0.15, -0.1) is 0 Å². The fourth-order valence-electron chi connectivity index (χ4n) is 4.93. The van der Waals surface area contributed by atoms with Gasteiger partial charge < -0.3 is 8.98 Å². The third-order valence-corrected chi connectivity index (χ3v) is 7.16. The van der Waals surface area contributed by atoms with E-state index >= 15 is 0 Å². The van der Waals surface area contributed by atoms with Crippen LogP contribution in [0.25, 0.3) is 44.4 Å². The smallest absolute Gasteiger partial charge is 0.282 e. The van der Waals surface area contributed by atoms with Crippen molar-refractivity contribution in [2.24, 2.45) is 10.5 Å². The van der Waals surface area contributed by atoms with Gasteiger partial charge in [-0.25, -0.2) is 4.98 Å². The fourth-order valence-corrected chi connectivity index (χ4v) is 5.31. The lowest BCUT2D eigenvalue weighted by atomic mass is 9.96. The highest BCUT2D eigenvalue weighted by Crippen LogP contribution is 2.31. The molecule has 0 amide bonds. The summed E-state index contributed by atoms with van der Waals surface area (Å²) < 4.78 is 10.8. The highest BCUT2D eigenvalue weighted by molar-refractivity contribution is 9.10. The van der Waals surface area contributed by atoms with E-state index in [2.05, 4.69) is 66.4 Å². The maximum atomic E-state index is 13.7. The molecule has 7 heteroatoms. The van der Waals surface area contributed by atoms with Crippen LogP contribution in [-0.4, -0.2) is 20.4 Å². The number of hydrogen-bond acceptors (Lipinski definition) is 4. The van der Waals surface area contributed by atoms with Crippen molar-refractivity contribution >= 4 is 54.9 Å². The van der Waals surface area contributed by atoms with Crippen LogP contribution in [0.2, 0.25) is 0 Å². The van der Waals surface area contributed by atoms with E-state index in [1.807, 2.05) is 48.5 Å². The Morgan fingerprint density at radius 2 is 1.74 bits per heavy atom. The number of hydrogen-bond donors (Lipinski definition) is 0. The van der Waals surface area contributed by atoms with Crippen LogP contribution in [0.5, 0.6) is 0 Å². The van der Waals surface area contributed by atoms with Gasteiger partial charge >= 0.3 is 0 Å².